The molecule has 0 N–H and O–H groups in total. The Balaban J connectivity index is 1.91. The van der Waals surface area contributed by atoms with Crippen molar-refractivity contribution >= 4 is 17.7 Å². The molecule has 1 saturated heterocycles. The average Bonchev–Trinajstić information content (AvgIpc) is 2.62. The van der Waals surface area contributed by atoms with Crippen LogP contribution < -0.4 is 0 Å². The van der Waals surface area contributed by atoms with Crippen molar-refractivity contribution in [1.82, 2.24) is 4.90 Å². The van der Waals surface area contributed by atoms with E-state index in [0.717, 1.165) is 42.8 Å². The molecule has 1 aromatic carbocycles. The molecule has 2 nitrogen and oxygen atoms in total. The lowest BCUT2D eigenvalue weighted by Crippen LogP contribution is -2.43. The number of hydrogen-bond acceptors (Lipinski definition) is 2. The number of likely N-dealkylation sites (tertiary alicyclic amines) is 1. The molecule has 0 aromatic heterocycles. The number of piperidine rings is 1. The highest BCUT2D eigenvalue weighted by molar-refractivity contribution is 8.00. The molecule has 0 unspecified atom stereocenters. The lowest BCUT2D eigenvalue weighted by molar-refractivity contribution is -0.131. The molecule has 148 valence electrons. The van der Waals surface area contributed by atoms with Gasteiger partial charge in [0, 0.05) is 22.7 Å². The number of nitrogens with zero attached hydrogens (tertiary/aromatic N) is 1. The Labute approximate surface area is 167 Å². The molecule has 2 rings (SSSR count). The van der Waals surface area contributed by atoms with Gasteiger partial charge in [-0.15, -0.1) is 11.8 Å². The van der Waals surface area contributed by atoms with Crippen LogP contribution in [0.1, 0.15) is 53.4 Å². The smallest absolute Gasteiger partial charge is 0.226 e. The standard InChI is InChI=1S/C23H32FNOS/c1-5-8-18(9-6-2)16-22(26)25-14-12-19(13-15-25)23(3,4)27-21-11-7-10-20(24)17-21/h5,7-11,17,19H,6,12-16H2,1-4H3/b8-5-,18-9+. The van der Waals surface area contributed by atoms with Gasteiger partial charge in [-0.1, -0.05) is 45.1 Å². The van der Waals surface area contributed by atoms with Gasteiger partial charge in [-0.25, -0.2) is 4.39 Å². The number of thioether (sulfide) groups is 1. The first-order chi connectivity index (χ1) is 12.9. The Bertz CT molecular complexity index is 687. The van der Waals surface area contributed by atoms with Crippen LogP contribution in [0.5, 0.6) is 0 Å². The summed E-state index contributed by atoms with van der Waals surface area (Å²) in [6.07, 6.45) is 9.59. The maximum atomic E-state index is 13.5. The summed E-state index contributed by atoms with van der Waals surface area (Å²) in [7, 11) is 0. The van der Waals surface area contributed by atoms with Crippen molar-refractivity contribution < 1.29 is 9.18 Å². The van der Waals surface area contributed by atoms with Crippen LogP contribution in [0, 0.1) is 11.7 Å². The largest absolute Gasteiger partial charge is 0.342 e. The number of amides is 1. The molecule has 0 bridgehead atoms. The summed E-state index contributed by atoms with van der Waals surface area (Å²) in [6, 6.07) is 6.82. The number of benzene rings is 1. The van der Waals surface area contributed by atoms with Gasteiger partial charge < -0.3 is 4.90 Å². The fraction of sp³-hybridized carbons (Fsp3) is 0.522. The molecular formula is C23H32FNOS. The molecule has 1 aromatic rings. The highest BCUT2D eigenvalue weighted by Crippen LogP contribution is 2.42. The van der Waals surface area contributed by atoms with E-state index < -0.39 is 0 Å². The van der Waals surface area contributed by atoms with Crippen molar-refractivity contribution in [3.63, 3.8) is 0 Å². The van der Waals surface area contributed by atoms with Gasteiger partial charge in [0.2, 0.25) is 5.91 Å². The van der Waals surface area contributed by atoms with Gasteiger partial charge in [0.25, 0.3) is 0 Å². The lowest BCUT2D eigenvalue weighted by atomic mass is 9.85. The highest BCUT2D eigenvalue weighted by atomic mass is 32.2. The van der Waals surface area contributed by atoms with Gasteiger partial charge in [-0.05, 0) is 55.9 Å². The van der Waals surface area contributed by atoms with Gasteiger partial charge in [0.1, 0.15) is 5.82 Å². The van der Waals surface area contributed by atoms with E-state index in [1.54, 1.807) is 23.9 Å². The molecule has 1 aliphatic rings. The molecule has 27 heavy (non-hydrogen) atoms. The van der Waals surface area contributed by atoms with E-state index in [1.165, 1.54) is 6.07 Å². The minimum absolute atomic E-state index is 0.0150. The van der Waals surface area contributed by atoms with Crippen LogP contribution in [0.25, 0.3) is 0 Å². The van der Waals surface area contributed by atoms with Gasteiger partial charge in [0.15, 0.2) is 0 Å². The van der Waals surface area contributed by atoms with E-state index >= 15 is 0 Å². The quantitative estimate of drug-likeness (QED) is 0.406. The van der Waals surface area contributed by atoms with Gasteiger partial charge >= 0.3 is 0 Å². The summed E-state index contributed by atoms with van der Waals surface area (Å²) in [6.45, 7) is 10.2. The average molecular weight is 390 g/mol. The van der Waals surface area contributed by atoms with Crippen LogP contribution in [-0.4, -0.2) is 28.6 Å². The molecule has 0 saturated carbocycles. The van der Waals surface area contributed by atoms with Crippen LogP contribution >= 0.6 is 11.8 Å². The number of allylic oxidation sites excluding steroid dienone is 3. The van der Waals surface area contributed by atoms with E-state index in [4.69, 9.17) is 0 Å². The third-order valence-corrected chi connectivity index (χ3v) is 6.56. The van der Waals surface area contributed by atoms with Crippen molar-refractivity contribution in [2.24, 2.45) is 5.92 Å². The summed E-state index contributed by atoms with van der Waals surface area (Å²) in [4.78, 5) is 15.6. The highest BCUT2D eigenvalue weighted by Gasteiger charge is 2.34. The monoisotopic (exact) mass is 389 g/mol. The van der Waals surface area contributed by atoms with E-state index in [9.17, 15) is 9.18 Å². The number of carbonyl (C=O) groups is 1. The normalized spacial score (nSPS) is 16.9. The Kier molecular flexibility index (Phi) is 8.15. The molecule has 0 spiro atoms. The Morgan fingerprint density at radius 3 is 2.63 bits per heavy atom. The minimum Gasteiger partial charge on any atom is -0.342 e. The zero-order valence-corrected chi connectivity index (χ0v) is 17.8. The Morgan fingerprint density at radius 1 is 1.33 bits per heavy atom. The fourth-order valence-corrected chi connectivity index (χ4v) is 5.03. The van der Waals surface area contributed by atoms with Crippen molar-refractivity contribution in [1.29, 1.82) is 0 Å². The third kappa shape index (κ3) is 6.53. The van der Waals surface area contributed by atoms with Crippen molar-refractivity contribution in [2.45, 2.75) is 63.0 Å². The molecule has 1 aliphatic heterocycles. The van der Waals surface area contributed by atoms with E-state index in [1.807, 2.05) is 30.0 Å². The van der Waals surface area contributed by atoms with Gasteiger partial charge in [0.05, 0.1) is 6.42 Å². The fourth-order valence-electron chi connectivity index (χ4n) is 3.70. The molecule has 0 radical (unpaired) electrons. The summed E-state index contributed by atoms with van der Waals surface area (Å²) >= 11 is 1.74. The van der Waals surface area contributed by atoms with Crippen molar-refractivity contribution in [3.05, 3.63) is 53.9 Å². The molecule has 1 fully saturated rings. The summed E-state index contributed by atoms with van der Waals surface area (Å²) in [5.41, 5.74) is 1.11. The third-order valence-electron chi connectivity index (χ3n) is 5.21. The molecule has 0 atom stereocenters. The van der Waals surface area contributed by atoms with Crippen molar-refractivity contribution in [2.75, 3.05) is 13.1 Å². The second-order valence-electron chi connectivity index (χ2n) is 7.68. The molecule has 1 heterocycles. The van der Waals surface area contributed by atoms with Gasteiger partial charge in [-0.3, -0.25) is 4.79 Å². The second-order valence-corrected chi connectivity index (χ2v) is 9.41. The van der Waals surface area contributed by atoms with Crippen LogP contribution in [0.3, 0.4) is 0 Å². The first kappa shape index (κ1) is 21.7. The summed E-state index contributed by atoms with van der Waals surface area (Å²) < 4.78 is 13.5. The zero-order chi connectivity index (χ0) is 19.9. The summed E-state index contributed by atoms with van der Waals surface area (Å²) in [5.74, 6) is 0.547. The van der Waals surface area contributed by atoms with Crippen molar-refractivity contribution in [3.8, 4) is 0 Å². The van der Waals surface area contributed by atoms with E-state index in [0.29, 0.717) is 12.3 Å². The first-order valence-electron chi connectivity index (χ1n) is 9.89. The maximum Gasteiger partial charge on any atom is 0.226 e. The van der Waals surface area contributed by atoms with E-state index in [2.05, 4.69) is 26.8 Å². The molecule has 0 aliphatic carbocycles. The minimum atomic E-state index is -0.187. The number of carbonyl (C=O) groups excluding carboxylic acids is 1. The first-order valence-corrected chi connectivity index (χ1v) is 10.7. The molecule has 4 heteroatoms. The molecule has 1 amide bonds. The lowest BCUT2D eigenvalue weighted by Gasteiger charge is -2.40. The number of hydrogen-bond donors (Lipinski definition) is 0. The Morgan fingerprint density at radius 2 is 2.04 bits per heavy atom. The van der Waals surface area contributed by atoms with Crippen LogP contribution in [0.4, 0.5) is 4.39 Å². The summed E-state index contributed by atoms with van der Waals surface area (Å²) in [5, 5.41) is 0. The SMILES string of the molecule is C/C=C\C(=C/CC)CC(=O)N1CCC(C(C)(C)Sc2cccc(F)c2)CC1. The second kappa shape index (κ2) is 10.1. The van der Waals surface area contributed by atoms with Crippen LogP contribution in [0.15, 0.2) is 53.0 Å². The van der Waals surface area contributed by atoms with E-state index in [-0.39, 0.29) is 16.5 Å². The van der Waals surface area contributed by atoms with Crippen LogP contribution in [-0.2, 0) is 4.79 Å². The zero-order valence-electron chi connectivity index (χ0n) is 17.0. The topological polar surface area (TPSA) is 20.3 Å². The predicted molar refractivity (Wildman–Crippen MR) is 113 cm³/mol. The van der Waals surface area contributed by atoms with Gasteiger partial charge in [-0.2, -0.15) is 0 Å². The maximum absolute atomic E-state index is 13.5. The predicted octanol–water partition coefficient (Wildman–Crippen LogP) is 6.24. The Hall–Kier alpha value is -1.55. The number of halogens is 1. The number of rotatable bonds is 7. The van der Waals surface area contributed by atoms with Crippen LogP contribution in [0.2, 0.25) is 0 Å². The molecular weight excluding hydrogens is 357 g/mol.